The molecule has 2 aliphatic heterocycles. The van der Waals surface area contributed by atoms with Crippen molar-refractivity contribution in [1.29, 1.82) is 0 Å². The highest BCUT2D eigenvalue weighted by Crippen LogP contribution is 2.20. The minimum atomic E-state index is -0.244. The van der Waals surface area contributed by atoms with Crippen LogP contribution in [0.15, 0.2) is 12.4 Å². The van der Waals surface area contributed by atoms with Gasteiger partial charge in [-0.1, -0.05) is 6.42 Å². The first-order valence-corrected chi connectivity index (χ1v) is 10.3. The van der Waals surface area contributed by atoms with Gasteiger partial charge in [0, 0.05) is 70.7 Å². The maximum Gasteiger partial charge on any atom is 0.223 e. The minimum absolute atomic E-state index is 0.0214. The Balaban J connectivity index is 1.54. The molecule has 2 fully saturated rings. The van der Waals surface area contributed by atoms with Crippen molar-refractivity contribution in [1.82, 2.24) is 25.1 Å². The van der Waals surface area contributed by atoms with E-state index in [1.165, 1.54) is 0 Å². The summed E-state index contributed by atoms with van der Waals surface area (Å²) in [5, 5.41) is 6.67. The molecule has 0 aliphatic carbocycles. The number of ether oxygens (including phenoxy) is 1. The van der Waals surface area contributed by atoms with E-state index < -0.39 is 0 Å². The average molecular weight is 392 g/mol. The summed E-state index contributed by atoms with van der Waals surface area (Å²) < 4.78 is 7.35. The van der Waals surface area contributed by atoms with E-state index in [0.29, 0.717) is 26.3 Å². The van der Waals surface area contributed by atoms with Crippen LogP contribution >= 0.6 is 0 Å². The van der Waals surface area contributed by atoms with Gasteiger partial charge in [0.1, 0.15) is 5.82 Å². The Morgan fingerprint density at radius 2 is 2.00 bits per heavy atom. The van der Waals surface area contributed by atoms with Crippen LogP contribution in [0.3, 0.4) is 0 Å². The van der Waals surface area contributed by atoms with Crippen LogP contribution in [-0.2, 0) is 27.9 Å². The number of aromatic nitrogens is 2. The summed E-state index contributed by atoms with van der Waals surface area (Å²) in [6.07, 6.45) is 8.31. The maximum atomic E-state index is 12.7. The second-order valence-corrected chi connectivity index (χ2v) is 8.03. The summed E-state index contributed by atoms with van der Waals surface area (Å²) in [6.45, 7) is 2.71. The fourth-order valence-electron chi connectivity index (χ4n) is 3.96. The molecule has 2 aliphatic rings. The van der Waals surface area contributed by atoms with Crippen molar-refractivity contribution in [2.24, 2.45) is 13.0 Å². The largest absolute Gasteiger partial charge is 0.381 e. The summed E-state index contributed by atoms with van der Waals surface area (Å²) in [5.41, 5.74) is 0. The zero-order chi connectivity index (χ0) is 19.9. The van der Waals surface area contributed by atoms with Crippen molar-refractivity contribution in [3.05, 3.63) is 18.2 Å². The molecule has 156 valence electrons. The highest BCUT2D eigenvalue weighted by atomic mass is 16.5. The van der Waals surface area contributed by atoms with Crippen LogP contribution < -0.4 is 10.6 Å². The molecule has 3 rings (SSSR count). The molecule has 8 heteroatoms. The second-order valence-electron chi connectivity index (χ2n) is 8.03. The number of nitrogens with one attached hydrogen (secondary N) is 2. The van der Waals surface area contributed by atoms with Gasteiger partial charge in [0.05, 0.1) is 6.54 Å². The molecule has 1 aromatic heterocycles. The molecule has 0 aromatic carbocycles. The van der Waals surface area contributed by atoms with Gasteiger partial charge in [0.2, 0.25) is 11.8 Å². The van der Waals surface area contributed by atoms with Gasteiger partial charge in [-0.3, -0.25) is 9.59 Å². The van der Waals surface area contributed by atoms with Gasteiger partial charge in [0.15, 0.2) is 0 Å². The van der Waals surface area contributed by atoms with Crippen LogP contribution in [0.4, 0.5) is 0 Å². The van der Waals surface area contributed by atoms with Gasteiger partial charge in [-0.2, -0.15) is 0 Å². The molecule has 0 spiro atoms. The Morgan fingerprint density at radius 3 is 2.71 bits per heavy atom. The van der Waals surface area contributed by atoms with Crippen molar-refractivity contribution in [2.45, 2.75) is 57.2 Å². The van der Waals surface area contributed by atoms with Crippen molar-refractivity contribution in [2.75, 3.05) is 26.8 Å². The number of amides is 2. The van der Waals surface area contributed by atoms with Crippen LogP contribution in [-0.4, -0.2) is 65.2 Å². The van der Waals surface area contributed by atoms with Crippen molar-refractivity contribution in [3.63, 3.8) is 0 Å². The van der Waals surface area contributed by atoms with Crippen molar-refractivity contribution in [3.8, 4) is 0 Å². The van der Waals surface area contributed by atoms with E-state index in [9.17, 15) is 9.59 Å². The Kier molecular flexibility index (Phi) is 7.44. The van der Waals surface area contributed by atoms with Gasteiger partial charge >= 0.3 is 0 Å². The molecule has 0 saturated carbocycles. The molecule has 2 unspecified atom stereocenters. The lowest BCUT2D eigenvalue weighted by atomic mass is 9.95. The van der Waals surface area contributed by atoms with Crippen molar-refractivity contribution < 1.29 is 14.3 Å². The number of hydrogen-bond donors (Lipinski definition) is 2. The minimum Gasteiger partial charge on any atom is -0.381 e. The van der Waals surface area contributed by atoms with E-state index in [2.05, 4.69) is 15.6 Å². The van der Waals surface area contributed by atoms with Gasteiger partial charge < -0.3 is 24.8 Å². The molecule has 0 bridgehead atoms. The molecule has 28 heavy (non-hydrogen) atoms. The summed E-state index contributed by atoms with van der Waals surface area (Å²) in [7, 11) is 3.81. The number of imidazole rings is 1. The third kappa shape index (κ3) is 5.78. The van der Waals surface area contributed by atoms with Gasteiger partial charge in [-0.05, 0) is 25.7 Å². The van der Waals surface area contributed by atoms with Crippen LogP contribution in [0.2, 0.25) is 0 Å². The third-order valence-electron chi connectivity index (χ3n) is 5.85. The third-order valence-corrected chi connectivity index (χ3v) is 5.85. The molecule has 1 aromatic rings. The summed E-state index contributed by atoms with van der Waals surface area (Å²) in [6, 6.07) is 0.372. The molecule has 2 atom stereocenters. The van der Waals surface area contributed by atoms with Gasteiger partial charge in [-0.25, -0.2) is 4.98 Å². The Labute approximate surface area is 167 Å². The predicted octanol–water partition coefficient (Wildman–Crippen LogP) is 0.822. The normalized spacial score (nSPS) is 25.1. The molecule has 8 nitrogen and oxygen atoms in total. The quantitative estimate of drug-likeness (QED) is 0.776. The predicted molar refractivity (Wildman–Crippen MR) is 105 cm³/mol. The van der Waals surface area contributed by atoms with Crippen molar-refractivity contribution >= 4 is 11.8 Å². The van der Waals surface area contributed by atoms with Crippen LogP contribution in [0.1, 0.15) is 44.3 Å². The molecule has 3 heterocycles. The molecule has 2 saturated heterocycles. The Hall–Kier alpha value is -1.93. The van der Waals surface area contributed by atoms with Gasteiger partial charge in [0.25, 0.3) is 0 Å². The number of hydrogen-bond acceptors (Lipinski definition) is 5. The zero-order valence-corrected chi connectivity index (χ0v) is 17.0. The van der Waals surface area contributed by atoms with Gasteiger partial charge in [-0.15, -0.1) is 0 Å². The molecular weight excluding hydrogens is 358 g/mol. The lowest BCUT2D eigenvalue weighted by molar-refractivity contribution is -0.136. The number of carbonyl (C=O) groups is 2. The van der Waals surface area contributed by atoms with E-state index in [1.807, 2.05) is 24.9 Å². The van der Waals surface area contributed by atoms with Crippen LogP contribution in [0, 0.1) is 5.92 Å². The number of aryl methyl sites for hydroxylation is 1. The summed E-state index contributed by atoms with van der Waals surface area (Å²) in [4.78, 5) is 31.5. The molecule has 0 radical (unpaired) electrons. The highest BCUT2D eigenvalue weighted by Gasteiger charge is 2.28. The van der Waals surface area contributed by atoms with E-state index in [0.717, 1.165) is 37.9 Å². The lowest BCUT2D eigenvalue weighted by Crippen LogP contribution is -2.44. The van der Waals surface area contributed by atoms with E-state index >= 15 is 0 Å². The smallest absolute Gasteiger partial charge is 0.223 e. The lowest BCUT2D eigenvalue weighted by Gasteiger charge is -2.26. The monoisotopic (exact) mass is 391 g/mol. The van der Waals surface area contributed by atoms with E-state index in [-0.39, 0.29) is 36.2 Å². The highest BCUT2D eigenvalue weighted by molar-refractivity contribution is 5.86. The number of carbonyl (C=O) groups excluding carboxylic acids is 2. The number of nitrogens with zero attached hydrogens (tertiary/aromatic N) is 3. The first kappa shape index (κ1) is 20.8. The zero-order valence-electron chi connectivity index (χ0n) is 17.0. The summed E-state index contributed by atoms with van der Waals surface area (Å²) in [5.74, 6) is 0.791. The molecule has 2 N–H and O–H groups in total. The number of likely N-dealkylation sites (N-methyl/N-ethyl adjacent to an activating group) is 1. The second kappa shape index (κ2) is 10.0. The first-order valence-electron chi connectivity index (χ1n) is 10.3. The molecule has 2 amide bonds. The maximum absolute atomic E-state index is 12.7. The average Bonchev–Trinajstić information content (AvgIpc) is 3.11. The van der Waals surface area contributed by atoms with Crippen LogP contribution in [0.25, 0.3) is 0 Å². The Morgan fingerprint density at radius 1 is 1.21 bits per heavy atom. The topological polar surface area (TPSA) is 88.5 Å². The SMILES string of the molecule is CN1CC(NCc2nccn2C)CCCC(C(=O)NC2CCOCC2)CC1=O. The van der Waals surface area contributed by atoms with Crippen LogP contribution in [0.5, 0.6) is 0 Å². The number of rotatable bonds is 5. The fourth-order valence-corrected chi connectivity index (χ4v) is 3.96. The summed E-state index contributed by atoms with van der Waals surface area (Å²) >= 11 is 0. The standard InChI is InChI=1S/C20H33N5O3/c1-24-9-8-21-18(24)13-22-17-5-3-4-15(12-19(26)25(2)14-17)20(27)23-16-6-10-28-11-7-16/h8-9,15-17,22H,3-7,10-14H2,1-2H3,(H,23,27). The van der Waals surface area contributed by atoms with E-state index in [1.54, 1.807) is 11.1 Å². The Bertz CT molecular complexity index is 656. The van der Waals surface area contributed by atoms with E-state index in [4.69, 9.17) is 4.74 Å². The first-order chi connectivity index (χ1) is 13.5. The molecular formula is C20H33N5O3. The fraction of sp³-hybridized carbons (Fsp3) is 0.750.